The van der Waals surface area contributed by atoms with Gasteiger partial charge in [0.15, 0.2) is 5.96 Å². The molecular formula is C17H25IN4. The second-order valence-electron chi connectivity index (χ2n) is 5.69. The van der Waals surface area contributed by atoms with E-state index in [4.69, 9.17) is 0 Å². The minimum Gasteiger partial charge on any atom is -0.358 e. The molecule has 5 heteroatoms. The van der Waals surface area contributed by atoms with Gasteiger partial charge in [-0.2, -0.15) is 0 Å². The first-order chi connectivity index (χ1) is 10.3. The number of nitrogens with one attached hydrogen (secondary N) is 2. The summed E-state index contributed by atoms with van der Waals surface area (Å²) in [5, 5.41) is 4.84. The predicted molar refractivity (Wildman–Crippen MR) is 104 cm³/mol. The van der Waals surface area contributed by atoms with Crippen LogP contribution in [0.4, 0.5) is 0 Å². The lowest BCUT2D eigenvalue weighted by molar-refractivity contribution is 0.494. The zero-order chi connectivity index (χ0) is 14.7. The van der Waals surface area contributed by atoms with Crippen molar-refractivity contribution in [1.82, 2.24) is 15.2 Å². The Bertz CT molecular complexity index is 641. The molecule has 120 valence electrons. The monoisotopic (exact) mass is 412 g/mol. The molecule has 0 radical (unpaired) electrons. The number of halogens is 1. The fourth-order valence-electron chi connectivity index (χ4n) is 3.22. The Kier molecular flexibility index (Phi) is 6.11. The summed E-state index contributed by atoms with van der Waals surface area (Å²) >= 11 is 0. The lowest BCUT2D eigenvalue weighted by atomic mass is 10.1. The summed E-state index contributed by atoms with van der Waals surface area (Å²) in [7, 11) is 1.87. The molecule has 1 fully saturated rings. The molecular weight excluding hydrogens is 387 g/mol. The van der Waals surface area contributed by atoms with E-state index >= 15 is 0 Å². The van der Waals surface area contributed by atoms with Gasteiger partial charge in [0.05, 0.1) is 0 Å². The van der Waals surface area contributed by atoms with E-state index in [2.05, 4.69) is 51.4 Å². The van der Waals surface area contributed by atoms with E-state index < -0.39 is 0 Å². The molecule has 0 bridgehead atoms. The van der Waals surface area contributed by atoms with Crippen LogP contribution >= 0.6 is 24.0 Å². The average Bonchev–Trinajstić information content (AvgIpc) is 3.12. The number of benzene rings is 1. The topological polar surface area (TPSA) is 43.4 Å². The largest absolute Gasteiger partial charge is 0.358 e. The predicted octanol–water partition coefficient (Wildman–Crippen LogP) is 3.31. The van der Waals surface area contributed by atoms with Crippen LogP contribution in [0.25, 0.3) is 10.9 Å². The average molecular weight is 412 g/mol. The fraction of sp³-hybridized carbons (Fsp3) is 0.471. The minimum absolute atomic E-state index is 0. The second-order valence-corrected chi connectivity index (χ2v) is 5.69. The van der Waals surface area contributed by atoms with E-state index in [1.54, 1.807) is 0 Å². The van der Waals surface area contributed by atoms with Crippen molar-refractivity contribution in [2.45, 2.75) is 26.2 Å². The van der Waals surface area contributed by atoms with E-state index in [9.17, 15) is 0 Å². The number of H-pyrrole nitrogens is 1. The van der Waals surface area contributed by atoms with Crippen molar-refractivity contribution >= 4 is 40.8 Å². The van der Waals surface area contributed by atoms with Gasteiger partial charge in [-0.1, -0.05) is 18.2 Å². The van der Waals surface area contributed by atoms with Gasteiger partial charge < -0.3 is 15.2 Å². The Labute approximate surface area is 149 Å². The number of aromatic amines is 1. The number of likely N-dealkylation sites (tertiary alicyclic amines) is 1. The number of hydrogen-bond acceptors (Lipinski definition) is 1. The maximum atomic E-state index is 4.40. The number of fused-ring (bicyclic) bond motifs is 1. The summed E-state index contributed by atoms with van der Waals surface area (Å²) in [6.45, 7) is 5.34. The third-order valence-corrected chi connectivity index (χ3v) is 4.30. The first-order valence-electron chi connectivity index (χ1n) is 7.81. The maximum Gasteiger partial charge on any atom is 0.193 e. The van der Waals surface area contributed by atoms with Crippen molar-refractivity contribution in [1.29, 1.82) is 0 Å². The molecule has 2 N–H and O–H groups in total. The lowest BCUT2D eigenvalue weighted by Gasteiger charge is -2.20. The van der Waals surface area contributed by atoms with Gasteiger partial charge in [0.1, 0.15) is 0 Å². The summed E-state index contributed by atoms with van der Waals surface area (Å²) in [6.07, 6.45) is 3.58. The van der Waals surface area contributed by atoms with Crippen LogP contribution in [0.3, 0.4) is 0 Å². The number of aryl methyl sites for hydroxylation is 1. The lowest BCUT2D eigenvalue weighted by Crippen LogP contribution is -2.40. The highest BCUT2D eigenvalue weighted by atomic mass is 127. The Balaban J connectivity index is 0.00000176. The molecule has 0 aliphatic carbocycles. The number of nitrogens with zero attached hydrogens (tertiary/aromatic N) is 2. The van der Waals surface area contributed by atoms with Gasteiger partial charge in [-0.3, -0.25) is 4.99 Å². The third kappa shape index (κ3) is 3.56. The van der Waals surface area contributed by atoms with Crippen LogP contribution in [0.5, 0.6) is 0 Å². The van der Waals surface area contributed by atoms with Gasteiger partial charge >= 0.3 is 0 Å². The molecule has 2 aromatic rings. The van der Waals surface area contributed by atoms with Gasteiger partial charge in [0, 0.05) is 43.3 Å². The van der Waals surface area contributed by atoms with E-state index in [0.717, 1.165) is 32.0 Å². The summed E-state index contributed by atoms with van der Waals surface area (Å²) in [4.78, 5) is 10.2. The van der Waals surface area contributed by atoms with E-state index in [-0.39, 0.29) is 24.0 Å². The van der Waals surface area contributed by atoms with Crippen LogP contribution in [0.1, 0.15) is 24.1 Å². The van der Waals surface area contributed by atoms with Crippen LogP contribution in [0.2, 0.25) is 0 Å². The molecule has 1 aliphatic heterocycles. The number of hydrogen-bond donors (Lipinski definition) is 2. The number of guanidine groups is 1. The van der Waals surface area contributed by atoms with Crippen LogP contribution in [-0.2, 0) is 6.42 Å². The fourth-order valence-corrected chi connectivity index (χ4v) is 3.22. The third-order valence-electron chi connectivity index (χ3n) is 4.30. The Hall–Kier alpha value is -1.24. The van der Waals surface area contributed by atoms with Crippen molar-refractivity contribution in [3.63, 3.8) is 0 Å². The molecule has 22 heavy (non-hydrogen) atoms. The SMILES string of the molecule is CN=C(NCCc1c(C)[nH]c2ccccc12)N1CCCC1.I. The Morgan fingerprint density at radius 3 is 2.73 bits per heavy atom. The standard InChI is InChI=1S/C17H24N4.HI/c1-13-14(15-7-3-4-8-16(15)20-13)9-10-19-17(18-2)21-11-5-6-12-21;/h3-4,7-8,20H,5-6,9-12H2,1-2H3,(H,18,19);1H. The smallest absolute Gasteiger partial charge is 0.193 e. The number of aromatic nitrogens is 1. The highest BCUT2D eigenvalue weighted by molar-refractivity contribution is 14.0. The highest BCUT2D eigenvalue weighted by Crippen LogP contribution is 2.21. The van der Waals surface area contributed by atoms with Crippen LogP contribution in [0.15, 0.2) is 29.3 Å². The zero-order valence-electron chi connectivity index (χ0n) is 13.4. The molecule has 0 unspecified atom stereocenters. The number of aliphatic imine (C=N–C) groups is 1. The van der Waals surface area contributed by atoms with Crippen molar-refractivity contribution in [2.24, 2.45) is 4.99 Å². The summed E-state index contributed by atoms with van der Waals surface area (Å²) in [5.41, 5.74) is 3.91. The Morgan fingerprint density at radius 1 is 1.27 bits per heavy atom. The van der Waals surface area contributed by atoms with E-state index in [1.165, 1.54) is 35.0 Å². The van der Waals surface area contributed by atoms with Crippen molar-refractivity contribution in [3.8, 4) is 0 Å². The normalized spacial score (nSPS) is 15.2. The van der Waals surface area contributed by atoms with Crippen LogP contribution < -0.4 is 5.32 Å². The molecule has 2 heterocycles. The maximum absolute atomic E-state index is 4.40. The van der Waals surface area contributed by atoms with E-state index in [0.29, 0.717) is 0 Å². The molecule has 1 aliphatic rings. The van der Waals surface area contributed by atoms with Gasteiger partial charge in [-0.25, -0.2) is 0 Å². The molecule has 0 saturated carbocycles. The summed E-state index contributed by atoms with van der Waals surface area (Å²) in [5.74, 6) is 1.05. The second kappa shape index (κ2) is 7.85. The number of para-hydroxylation sites is 1. The van der Waals surface area contributed by atoms with Crippen molar-refractivity contribution in [3.05, 3.63) is 35.5 Å². The molecule has 0 amide bonds. The molecule has 3 rings (SSSR count). The van der Waals surface area contributed by atoms with Crippen LogP contribution in [-0.4, -0.2) is 42.5 Å². The summed E-state index contributed by atoms with van der Waals surface area (Å²) < 4.78 is 0. The van der Waals surface area contributed by atoms with Gasteiger partial charge in [0.2, 0.25) is 0 Å². The van der Waals surface area contributed by atoms with Gasteiger partial charge in [-0.05, 0) is 37.8 Å². The Morgan fingerprint density at radius 2 is 2.00 bits per heavy atom. The van der Waals surface area contributed by atoms with Crippen molar-refractivity contribution < 1.29 is 0 Å². The first kappa shape index (κ1) is 17.1. The quantitative estimate of drug-likeness (QED) is 0.462. The first-order valence-corrected chi connectivity index (χ1v) is 7.81. The van der Waals surface area contributed by atoms with Gasteiger partial charge in [0.25, 0.3) is 0 Å². The molecule has 0 spiro atoms. The minimum atomic E-state index is 0. The summed E-state index contributed by atoms with van der Waals surface area (Å²) in [6, 6.07) is 8.52. The van der Waals surface area contributed by atoms with Crippen LogP contribution in [0, 0.1) is 6.92 Å². The molecule has 1 aromatic heterocycles. The molecule has 1 aromatic carbocycles. The molecule has 0 atom stereocenters. The molecule has 1 saturated heterocycles. The molecule has 4 nitrogen and oxygen atoms in total. The van der Waals surface area contributed by atoms with E-state index in [1.807, 2.05) is 7.05 Å². The van der Waals surface area contributed by atoms with Crippen molar-refractivity contribution in [2.75, 3.05) is 26.7 Å². The van der Waals surface area contributed by atoms with Gasteiger partial charge in [-0.15, -0.1) is 24.0 Å². The zero-order valence-corrected chi connectivity index (χ0v) is 15.7. The number of rotatable bonds is 3. The highest BCUT2D eigenvalue weighted by Gasteiger charge is 2.15.